The molecule has 1 heterocycles. The van der Waals surface area contributed by atoms with Crippen LogP contribution in [0.5, 0.6) is 0 Å². The SMILES string of the molecule is CCN(c1cccc(C)c1)c1ccc(CNC2CC2)cn1. The van der Waals surface area contributed by atoms with Crippen molar-refractivity contribution in [2.75, 3.05) is 11.4 Å². The third-order valence-corrected chi connectivity index (χ3v) is 3.89. The maximum Gasteiger partial charge on any atom is 0.132 e. The minimum absolute atomic E-state index is 0.740. The molecule has 1 aliphatic rings. The zero-order valence-corrected chi connectivity index (χ0v) is 12.8. The van der Waals surface area contributed by atoms with Gasteiger partial charge < -0.3 is 10.2 Å². The van der Waals surface area contributed by atoms with E-state index in [0.29, 0.717) is 0 Å². The Kier molecular flexibility index (Phi) is 4.20. The molecule has 0 spiro atoms. The number of nitrogens with zero attached hydrogens (tertiary/aromatic N) is 2. The summed E-state index contributed by atoms with van der Waals surface area (Å²) in [7, 11) is 0. The second kappa shape index (κ2) is 6.27. The fourth-order valence-electron chi connectivity index (χ4n) is 2.50. The standard InChI is InChI=1S/C18H23N3/c1-3-21(17-6-4-5-14(2)11-17)18-10-7-15(13-20-18)12-19-16-8-9-16/h4-7,10-11,13,16,19H,3,8-9,12H2,1-2H3. The fraction of sp³-hybridized carbons (Fsp3) is 0.389. The van der Waals surface area contributed by atoms with Gasteiger partial charge in [0.1, 0.15) is 5.82 Å². The Morgan fingerprint density at radius 2 is 2.10 bits per heavy atom. The first-order chi connectivity index (χ1) is 10.3. The Morgan fingerprint density at radius 3 is 2.71 bits per heavy atom. The third-order valence-electron chi connectivity index (χ3n) is 3.89. The van der Waals surface area contributed by atoms with Crippen molar-refractivity contribution in [2.24, 2.45) is 0 Å². The number of rotatable bonds is 6. The Balaban J connectivity index is 1.73. The molecule has 0 amide bonds. The molecule has 0 radical (unpaired) electrons. The van der Waals surface area contributed by atoms with Crippen LogP contribution in [-0.4, -0.2) is 17.6 Å². The van der Waals surface area contributed by atoms with Crippen LogP contribution in [0.2, 0.25) is 0 Å². The summed E-state index contributed by atoms with van der Waals surface area (Å²) in [4.78, 5) is 6.88. The van der Waals surface area contributed by atoms with E-state index in [-0.39, 0.29) is 0 Å². The molecule has 1 fully saturated rings. The number of aromatic nitrogens is 1. The Labute approximate surface area is 127 Å². The average Bonchev–Trinajstić information content (AvgIpc) is 3.32. The van der Waals surface area contributed by atoms with E-state index in [4.69, 9.17) is 0 Å². The van der Waals surface area contributed by atoms with Gasteiger partial charge in [-0.1, -0.05) is 18.2 Å². The molecule has 1 saturated carbocycles. The van der Waals surface area contributed by atoms with E-state index in [9.17, 15) is 0 Å². The molecular weight excluding hydrogens is 258 g/mol. The minimum atomic E-state index is 0.740. The Bertz CT molecular complexity index is 588. The first kappa shape index (κ1) is 14.1. The number of benzene rings is 1. The van der Waals surface area contributed by atoms with Gasteiger partial charge in [-0.3, -0.25) is 0 Å². The van der Waals surface area contributed by atoms with Gasteiger partial charge >= 0.3 is 0 Å². The maximum absolute atomic E-state index is 4.64. The number of pyridine rings is 1. The molecular formula is C18H23N3. The lowest BCUT2D eigenvalue weighted by Crippen LogP contribution is -2.18. The van der Waals surface area contributed by atoms with Gasteiger partial charge in [-0.25, -0.2) is 4.98 Å². The van der Waals surface area contributed by atoms with Crippen molar-refractivity contribution in [3.05, 3.63) is 53.7 Å². The fourth-order valence-corrected chi connectivity index (χ4v) is 2.50. The number of anilines is 2. The highest BCUT2D eigenvalue weighted by molar-refractivity contribution is 5.60. The summed E-state index contributed by atoms with van der Waals surface area (Å²) in [6.07, 6.45) is 4.63. The van der Waals surface area contributed by atoms with Crippen LogP contribution in [0.15, 0.2) is 42.6 Å². The van der Waals surface area contributed by atoms with Crippen LogP contribution in [0.3, 0.4) is 0 Å². The van der Waals surface area contributed by atoms with E-state index >= 15 is 0 Å². The lowest BCUT2D eigenvalue weighted by atomic mass is 10.2. The van der Waals surface area contributed by atoms with Crippen molar-refractivity contribution in [1.29, 1.82) is 0 Å². The number of hydrogen-bond acceptors (Lipinski definition) is 3. The van der Waals surface area contributed by atoms with E-state index in [0.717, 1.165) is 24.9 Å². The minimum Gasteiger partial charge on any atom is -0.327 e. The maximum atomic E-state index is 4.64. The second-order valence-corrected chi connectivity index (χ2v) is 5.76. The van der Waals surface area contributed by atoms with Crippen LogP contribution in [0.4, 0.5) is 11.5 Å². The largest absolute Gasteiger partial charge is 0.327 e. The predicted molar refractivity (Wildman–Crippen MR) is 88.0 cm³/mol. The van der Waals surface area contributed by atoms with Crippen molar-refractivity contribution in [2.45, 2.75) is 39.3 Å². The van der Waals surface area contributed by atoms with Crippen LogP contribution in [0.25, 0.3) is 0 Å². The quantitative estimate of drug-likeness (QED) is 0.873. The van der Waals surface area contributed by atoms with Crippen LogP contribution in [0.1, 0.15) is 30.9 Å². The first-order valence-corrected chi connectivity index (χ1v) is 7.79. The van der Waals surface area contributed by atoms with Gasteiger partial charge in [0.05, 0.1) is 0 Å². The van der Waals surface area contributed by atoms with Gasteiger partial charge in [-0.15, -0.1) is 0 Å². The second-order valence-electron chi connectivity index (χ2n) is 5.76. The number of nitrogens with one attached hydrogen (secondary N) is 1. The van der Waals surface area contributed by atoms with E-state index in [2.05, 4.69) is 65.4 Å². The van der Waals surface area contributed by atoms with Crippen molar-refractivity contribution < 1.29 is 0 Å². The molecule has 3 nitrogen and oxygen atoms in total. The van der Waals surface area contributed by atoms with Crippen LogP contribution < -0.4 is 10.2 Å². The van der Waals surface area contributed by atoms with Crippen molar-refractivity contribution in [3.8, 4) is 0 Å². The smallest absolute Gasteiger partial charge is 0.132 e. The van der Waals surface area contributed by atoms with Gasteiger partial charge in [0.2, 0.25) is 0 Å². The van der Waals surface area contributed by atoms with Crippen LogP contribution in [-0.2, 0) is 6.54 Å². The summed E-state index contributed by atoms with van der Waals surface area (Å²) in [5.74, 6) is 1.01. The van der Waals surface area contributed by atoms with E-state index < -0.39 is 0 Å². The molecule has 3 heteroatoms. The lowest BCUT2D eigenvalue weighted by Gasteiger charge is -2.22. The lowest BCUT2D eigenvalue weighted by molar-refractivity contribution is 0.686. The molecule has 1 aliphatic carbocycles. The summed E-state index contributed by atoms with van der Waals surface area (Å²) in [5.41, 5.74) is 3.73. The molecule has 110 valence electrons. The molecule has 0 aliphatic heterocycles. The van der Waals surface area contributed by atoms with Gasteiger partial charge in [-0.2, -0.15) is 0 Å². The van der Waals surface area contributed by atoms with Crippen molar-refractivity contribution in [1.82, 2.24) is 10.3 Å². The van der Waals surface area contributed by atoms with Crippen LogP contribution >= 0.6 is 0 Å². The molecule has 1 N–H and O–H groups in total. The molecule has 3 rings (SSSR count). The normalized spacial score (nSPS) is 14.2. The zero-order valence-electron chi connectivity index (χ0n) is 12.8. The molecule has 1 aromatic carbocycles. The Morgan fingerprint density at radius 1 is 1.24 bits per heavy atom. The molecule has 0 unspecified atom stereocenters. The molecule has 2 aromatic rings. The first-order valence-electron chi connectivity index (χ1n) is 7.79. The van der Waals surface area contributed by atoms with E-state index in [1.165, 1.54) is 29.7 Å². The van der Waals surface area contributed by atoms with Crippen molar-refractivity contribution >= 4 is 11.5 Å². The number of hydrogen-bond donors (Lipinski definition) is 1. The third kappa shape index (κ3) is 3.61. The van der Waals surface area contributed by atoms with E-state index in [1.54, 1.807) is 0 Å². The Hall–Kier alpha value is -1.87. The topological polar surface area (TPSA) is 28.2 Å². The molecule has 0 bridgehead atoms. The van der Waals surface area contributed by atoms with Gasteiger partial charge in [0, 0.05) is 31.0 Å². The molecule has 21 heavy (non-hydrogen) atoms. The predicted octanol–water partition coefficient (Wildman–Crippen LogP) is 3.80. The summed E-state index contributed by atoms with van der Waals surface area (Å²) in [6, 6.07) is 13.6. The molecule has 0 saturated heterocycles. The summed E-state index contributed by atoms with van der Waals surface area (Å²) in [6.45, 7) is 6.12. The highest BCUT2D eigenvalue weighted by Gasteiger charge is 2.20. The monoisotopic (exact) mass is 281 g/mol. The summed E-state index contributed by atoms with van der Waals surface area (Å²) >= 11 is 0. The highest BCUT2D eigenvalue weighted by Crippen LogP contribution is 2.24. The highest BCUT2D eigenvalue weighted by atomic mass is 15.2. The van der Waals surface area contributed by atoms with Gasteiger partial charge in [0.25, 0.3) is 0 Å². The van der Waals surface area contributed by atoms with Crippen LogP contribution in [0, 0.1) is 6.92 Å². The number of aryl methyl sites for hydroxylation is 1. The average molecular weight is 281 g/mol. The van der Waals surface area contributed by atoms with E-state index in [1.807, 2.05) is 6.20 Å². The van der Waals surface area contributed by atoms with Gasteiger partial charge in [0.15, 0.2) is 0 Å². The van der Waals surface area contributed by atoms with Crippen molar-refractivity contribution in [3.63, 3.8) is 0 Å². The van der Waals surface area contributed by atoms with Gasteiger partial charge in [-0.05, 0) is 56.0 Å². The summed E-state index contributed by atoms with van der Waals surface area (Å²) < 4.78 is 0. The molecule has 1 aromatic heterocycles. The zero-order chi connectivity index (χ0) is 14.7. The molecule has 0 atom stereocenters. The summed E-state index contributed by atoms with van der Waals surface area (Å²) in [5, 5.41) is 3.52.